The van der Waals surface area contributed by atoms with E-state index < -0.39 is 0 Å². The number of benzene rings is 1. The molecule has 0 aliphatic heterocycles. The van der Waals surface area contributed by atoms with Gasteiger partial charge in [-0.2, -0.15) is 0 Å². The molecule has 0 radical (unpaired) electrons. The summed E-state index contributed by atoms with van der Waals surface area (Å²) in [6.45, 7) is 2.13. The molecule has 4 heteroatoms. The summed E-state index contributed by atoms with van der Waals surface area (Å²) in [4.78, 5) is 1.53. The Morgan fingerprint density at radius 2 is 2.05 bits per heavy atom. The van der Waals surface area contributed by atoms with E-state index in [1.54, 1.807) is 0 Å². The van der Waals surface area contributed by atoms with Crippen LogP contribution in [0.3, 0.4) is 0 Å². The maximum absolute atomic E-state index is 3.69. The first-order chi connectivity index (χ1) is 9.11. The van der Waals surface area contributed by atoms with Gasteiger partial charge in [0.15, 0.2) is 0 Å². The Hall–Kier alpha value is -0.320. The summed E-state index contributed by atoms with van der Waals surface area (Å²) in [6, 6.07) is 9.23. The first-order valence-corrected chi connectivity index (χ1v) is 8.84. The molecule has 1 nitrogen and oxygen atoms in total. The number of hydrogen-bond acceptors (Lipinski definition) is 2. The number of nitrogens with one attached hydrogen (secondary N) is 1. The summed E-state index contributed by atoms with van der Waals surface area (Å²) < 4.78 is 2.38. The zero-order valence-electron chi connectivity index (χ0n) is 10.7. The minimum atomic E-state index is 0.444. The molecule has 1 aromatic heterocycles. The van der Waals surface area contributed by atoms with Gasteiger partial charge in [0.25, 0.3) is 0 Å². The highest BCUT2D eigenvalue weighted by Gasteiger charge is 2.22. The molecule has 0 fully saturated rings. The van der Waals surface area contributed by atoms with E-state index in [4.69, 9.17) is 0 Å². The maximum Gasteiger partial charge on any atom is 0.0705 e. The molecule has 1 aromatic carbocycles. The quantitative estimate of drug-likeness (QED) is 0.644. The molecule has 0 spiro atoms. The Morgan fingerprint density at radius 3 is 2.84 bits per heavy atom. The van der Waals surface area contributed by atoms with Gasteiger partial charge in [-0.15, -0.1) is 11.3 Å². The summed E-state index contributed by atoms with van der Waals surface area (Å²) in [5.41, 5.74) is 3.95. The van der Waals surface area contributed by atoms with E-state index in [2.05, 4.69) is 68.4 Å². The van der Waals surface area contributed by atoms with Crippen molar-refractivity contribution in [1.82, 2.24) is 0 Å². The second-order valence-corrected chi connectivity index (χ2v) is 8.47. The number of fused-ring (bicyclic) bond motifs is 1. The van der Waals surface area contributed by atoms with Crippen LogP contribution in [-0.2, 0) is 6.42 Å². The number of thiophene rings is 1. The van der Waals surface area contributed by atoms with Crippen LogP contribution in [0.25, 0.3) is 0 Å². The molecule has 0 bridgehead atoms. The SMILES string of the molecule is Cc1cc(Br)cc(NC2CCCc3sc(Br)cc32)c1. The molecule has 0 saturated carbocycles. The minimum absolute atomic E-state index is 0.444. The third-order valence-corrected chi connectivity index (χ3v) is 5.64. The molecule has 100 valence electrons. The number of anilines is 1. The molecule has 1 aliphatic carbocycles. The van der Waals surface area contributed by atoms with Gasteiger partial charge in [0.1, 0.15) is 0 Å². The van der Waals surface area contributed by atoms with Crippen LogP contribution in [0.15, 0.2) is 32.5 Å². The maximum atomic E-state index is 3.69. The Labute approximate surface area is 134 Å². The molecule has 0 amide bonds. The fraction of sp³-hybridized carbons (Fsp3) is 0.333. The molecular formula is C15H15Br2NS. The molecule has 3 rings (SSSR count). The van der Waals surface area contributed by atoms with E-state index in [0.717, 1.165) is 4.47 Å². The van der Waals surface area contributed by atoms with Crippen LogP contribution in [-0.4, -0.2) is 0 Å². The van der Waals surface area contributed by atoms with Gasteiger partial charge in [-0.3, -0.25) is 0 Å². The van der Waals surface area contributed by atoms with Gasteiger partial charge in [0, 0.05) is 15.0 Å². The van der Waals surface area contributed by atoms with Crippen molar-refractivity contribution in [3.8, 4) is 0 Å². The lowest BCUT2D eigenvalue weighted by Crippen LogP contribution is -2.15. The molecule has 1 heterocycles. The van der Waals surface area contributed by atoms with Crippen LogP contribution in [0.5, 0.6) is 0 Å². The van der Waals surface area contributed by atoms with E-state index in [9.17, 15) is 0 Å². The second kappa shape index (κ2) is 5.58. The van der Waals surface area contributed by atoms with Crippen LogP contribution in [0.4, 0.5) is 5.69 Å². The van der Waals surface area contributed by atoms with E-state index in [-0.39, 0.29) is 0 Å². The van der Waals surface area contributed by atoms with Crippen molar-refractivity contribution in [2.45, 2.75) is 32.2 Å². The normalized spacial score (nSPS) is 18.2. The summed E-state index contributed by atoms with van der Waals surface area (Å²) in [5.74, 6) is 0. The molecule has 1 N–H and O–H groups in total. The molecule has 0 saturated heterocycles. The Kier molecular flexibility index (Phi) is 4.01. The zero-order valence-corrected chi connectivity index (χ0v) is 14.7. The highest BCUT2D eigenvalue weighted by Crippen LogP contribution is 2.39. The third kappa shape index (κ3) is 3.06. The average molecular weight is 401 g/mol. The van der Waals surface area contributed by atoms with Crippen LogP contribution in [0, 0.1) is 6.92 Å². The molecule has 1 atom stereocenters. The van der Waals surface area contributed by atoms with Crippen LogP contribution in [0.2, 0.25) is 0 Å². The predicted molar refractivity (Wildman–Crippen MR) is 90.2 cm³/mol. The summed E-state index contributed by atoms with van der Waals surface area (Å²) >= 11 is 9.06. The van der Waals surface area contributed by atoms with Gasteiger partial charge in [-0.05, 0) is 77.5 Å². The smallest absolute Gasteiger partial charge is 0.0705 e. The van der Waals surface area contributed by atoms with Crippen LogP contribution >= 0.6 is 43.2 Å². The van der Waals surface area contributed by atoms with Crippen molar-refractivity contribution < 1.29 is 0 Å². The lowest BCUT2D eigenvalue weighted by Gasteiger charge is -2.25. The average Bonchev–Trinajstić information content (AvgIpc) is 2.69. The van der Waals surface area contributed by atoms with Crippen molar-refractivity contribution in [3.63, 3.8) is 0 Å². The highest BCUT2D eigenvalue weighted by molar-refractivity contribution is 9.11. The van der Waals surface area contributed by atoms with E-state index in [1.807, 2.05) is 11.3 Å². The van der Waals surface area contributed by atoms with Crippen molar-refractivity contribution in [2.75, 3.05) is 5.32 Å². The largest absolute Gasteiger partial charge is 0.378 e. The monoisotopic (exact) mass is 399 g/mol. The second-order valence-electron chi connectivity index (χ2n) is 5.04. The number of halogens is 2. The third-order valence-electron chi connectivity index (χ3n) is 3.47. The predicted octanol–water partition coefficient (Wildman–Crippen LogP) is 6.07. The first kappa shape index (κ1) is 13.7. The molecule has 1 aliphatic rings. The lowest BCUT2D eigenvalue weighted by molar-refractivity contribution is 0.609. The van der Waals surface area contributed by atoms with E-state index in [0.29, 0.717) is 6.04 Å². The van der Waals surface area contributed by atoms with Crippen molar-refractivity contribution >= 4 is 48.9 Å². The van der Waals surface area contributed by atoms with Crippen molar-refractivity contribution in [1.29, 1.82) is 0 Å². The molecular weight excluding hydrogens is 386 g/mol. The molecule has 2 aromatic rings. The van der Waals surface area contributed by atoms with Gasteiger partial charge >= 0.3 is 0 Å². The standard InChI is InChI=1S/C15H15Br2NS/c1-9-5-10(16)7-11(6-9)18-13-3-2-4-14-12(13)8-15(17)19-14/h5-8,13,18H,2-4H2,1H3. The van der Waals surface area contributed by atoms with Crippen molar-refractivity contribution in [3.05, 3.63) is 48.5 Å². The van der Waals surface area contributed by atoms with Gasteiger partial charge in [0.05, 0.1) is 9.83 Å². The van der Waals surface area contributed by atoms with Crippen molar-refractivity contribution in [2.24, 2.45) is 0 Å². The zero-order chi connectivity index (χ0) is 13.4. The fourth-order valence-corrected chi connectivity index (χ4v) is 5.12. The summed E-state index contributed by atoms with van der Waals surface area (Å²) in [5, 5.41) is 3.69. The Morgan fingerprint density at radius 1 is 1.21 bits per heavy atom. The van der Waals surface area contributed by atoms with Gasteiger partial charge in [0.2, 0.25) is 0 Å². The lowest BCUT2D eigenvalue weighted by atomic mass is 9.94. The fourth-order valence-electron chi connectivity index (χ4n) is 2.69. The summed E-state index contributed by atoms with van der Waals surface area (Å²) in [6.07, 6.45) is 3.70. The Bertz CT molecular complexity index is 586. The number of hydrogen-bond donors (Lipinski definition) is 1. The van der Waals surface area contributed by atoms with Gasteiger partial charge in [-0.1, -0.05) is 15.9 Å². The molecule has 1 unspecified atom stereocenters. The van der Waals surface area contributed by atoms with E-state index >= 15 is 0 Å². The number of aryl methyl sites for hydroxylation is 2. The van der Waals surface area contributed by atoms with Crippen LogP contribution < -0.4 is 5.32 Å². The Balaban J connectivity index is 1.88. The van der Waals surface area contributed by atoms with Gasteiger partial charge < -0.3 is 5.32 Å². The van der Waals surface area contributed by atoms with Crippen LogP contribution in [0.1, 0.15) is 34.9 Å². The highest BCUT2D eigenvalue weighted by atomic mass is 79.9. The minimum Gasteiger partial charge on any atom is -0.378 e. The topological polar surface area (TPSA) is 12.0 Å². The number of rotatable bonds is 2. The first-order valence-electron chi connectivity index (χ1n) is 6.43. The summed E-state index contributed by atoms with van der Waals surface area (Å²) in [7, 11) is 0. The van der Waals surface area contributed by atoms with E-state index in [1.165, 1.54) is 44.7 Å². The molecule has 19 heavy (non-hydrogen) atoms. The van der Waals surface area contributed by atoms with Gasteiger partial charge in [-0.25, -0.2) is 0 Å².